The van der Waals surface area contributed by atoms with Crippen LogP contribution in [-0.4, -0.2) is 19.8 Å². The number of nitrogens with one attached hydrogen (secondary N) is 1. The first-order valence-corrected chi connectivity index (χ1v) is 5.53. The van der Waals surface area contributed by atoms with Gasteiger partial charge in [-0.15, -0.1) is 0 Å². The van der Waals surface area contributed by atoms with E-state index in [9.17, 15) is 17.7 Å². The fraction of sp³-hybridized carbons (Fsp3) is 0.375. The molecule has 3 N–H and O–H groups in total. The minimum Gasteiger partial charge on any atom is -0.598 e. The molecule has 16 heavy (non-hydrogen) atoms. The Morgan fingerprint density at radius 3 is 2.75 bits per heavy atom. The van der Waals surface area contributed by atoms with Gasteiger partial charge in [0, 0.05) is 11.4 Å². The summed E-state index contributed by atoms with van der Waals surface area (Å²) in [6, 6.07) is 0. The maximum absolute atomic E-state index is 12.4. The Morgan fingerprint density at radius 2 is 2.25 bits per heavy atom. The molecule has 0 aliphatic carbocycles. The Morgan fingerprint density at radius 1 is 1.62 bits per heavy atom. The molecule has 0 saturated heterocycles. The van der Waals surface area contributed by atoms with Crippen molar-refractivity contribution in [3.8, 4) is 0 Å². The van der Waals surface area contributed by atoms with Gasteiger partial charge in [0.25, 0.3) is 0 Å². The number of hydrogen-bond donors (Lipinski definition) is 2. The zero-order chi connectivity index (χ0) is 12.3. The summed E-state index contributed by atoms with van der Waals surface area (Å²) in [6.45, 7) is 1.54. The maximum Gasteiger partial charge on any atom is 0.435 e. The van der Waals surface area contributed by atoms with Crippen LogP contribution < -0.4 is 5.14 Å². The molecule has 90 valence electrons. The molecule has 0 amide bonds. The van der Waals surface area contributed by atoms with Crippen LogP contribution in [0, 0.1) is 0 Å². The highest BCUT2D eigenvalue weighted by Gasteiger charge is 2.35. The molecule has 0 spiro atoms. The zero-order valence-corrected chi connectivity index (χ0v) is 9.10. The number of aromatic nitrogens is 2. The second-order valence-electron chi connectivity index (χ2n) is 3.06. The van der Waals surface area contributed by atoms with E-state index in [-0.39, 0.29) is 5.69 Å². The normalized spacial score (nSPS) is 16.6. The summed E-state index contributed by atoms with van der Waals surface area (Å²) in [7, 11) is 0. The Labute approximate surface area is 93.1 Å². The fourth-order valence-electron chi connectivity index (χ4n) is 0.966. The van der Waals surface area contributed by atoms with E-state index in [0.29, 0.717) is 0 Å². The summed E-state index contributed by atoms with van der Waals surface area (Å²) in [5, 5.41) is 4.55. The van der Waals surface area contributed by atoms with Crippen LogP contribution in [0.5, 0.6) is 0 Å². The second kappa shape index (κ2) is 4.89. The minimum atomic E-state index is -4.51. The number of aromatic amines is 1. The van der Waals surface area contributed by atoms with E-state index in [2.05, 4.69) is 9.97 Å². The topological polar surface area (TPSA) is 77.8 Å². The van der Waals surface area contributed by atoms with Crippen molar-refractivity contribution in [3.63, 3.8) is 0 Å². The first kappa shape index (κ1) is 13.1. The summed E-state index contributed by atoms with van der Waals surface area (Å²) in [5.41, 5.74) is -1.18. The molecular formula is C8H10F3N3OS. The maximum atomic E-state index is 12.4. The lowest BCUT2D eigenvalue weighted by molar-refractivity contribution is -0.141. The Hall–Kier alpha value is -0.990. The molecule has 1 rings (SSSR count). The molecule has 0 aliphatic rings. The third-order valence-electron chi connectivity index (χ3n) is 1.84. The van der Waals surface area contributed by atoms with Crippen molar-refractivity contribution in [1.29, 1.82) is 0 Å². The van der Waals surface area contributed by atoms with Gasteiger partial charge in [-0.2, -0.15) is 18.3 Å². The molecule has 0 radical (unpaired) electrons. The van der Waals surface area contributed by atoms with Crippen molar-refractivity contribution in [2.45, 2.75) is 18.3 Å². The van der Waals surface area contributed by atoms with Gasteiger partial charge in [-0.1, -0.05) is 0 Å². The number of imidazole rings is 1. The van der Waals surface area contributed by atoms with Crippen LogP contribution in [-0.2, 0) is 17.5 Å². The Bertz CT molecular complexity index is 375. The average Bonchev–Trinajstić information content (AvgIpc) is 2.60. The second-order valence-corrected chi connectivity index (χ2v) is 4.46. The van der Waals surface area contributed by atoms with Crippen molar-refractivity contribution in [1.82, 2.24) is 9.97 Å². The lowest BCUT2D eigenvalue weighted by Crippen LogP contribution is -2.23. The molecule has 2 unspecified atom stereocenters. The highest BCUT2D eigenvalue weighted by atomic mass is 32.2. The van der Waals surface area contributed by atoms with Gasteiger partial charge in [-0.05, 0) is 19.1 Å². The van der Waals surface area contributed by atoms with E-state index in [0.717, 1.165) is 6.33 Å². The zero-order valence-electron chi connectivity index (χ0n) is 8.28. The highest BCUT2D eigenvalue weighted by Crippen LogP contribution is 2.30. The highest BCUT2D eigenvalue weighted by molar-refractivity contribution is 7.89. The van der Waals surface area contributed by atoms with Gasteiger partial charge < -0.3 is 9.54 Å². The van der Waals surface area contributed by atoms with Gasteiger partial charge in [0.15, 0.2) is 10.9 Å². The van der Waals surface area contributed by atoms with E-state index in [1.54, 1.807) is 0 Å². The van der Waals surface area contributed by atoms with Crippen LogP contribution in [0.25, 0.3) is 6.08 Å². The molecule has 1 aromatic heterocycles. The first-order chi connectivity index (χ1) is 7.32. The van der Waals surface area contributed by atoms with Gasteiger partial charge in [0.05, 0.1) is 12.0 Å². The van der Waals surface area contributed by atoms with E-state index in [1.807, 2.05) is 0 Å². The molecule has 0 aromatic carbocycles. The predicted octanol–water partition coefficient (Wildman–Crippen LogP) is 1.45. The van der Waals surface area contributed by atoms with Gasteiger partial charge in [-0.3, -0.25) is 0 Å². The van der Waals surface area contributed by atoms with Crippen molar-refractivity contribution in [3.05, 3.63) is 23.8 Å². The third kappa shape index (κ3) is 3.26. The molecule has 1 heterocycles. The number of hydrogen-bond acceptors (Lipinski definition) is 3. The molecule has 0 saturated carbocycles. The van der Waals surface area contributed by atoms with Crippen LogP contribution in [0.15, 0.2) is 12.4 Å². The molecule has 2 atom stereocenters. The smallest absolute Gasteiger partial charge is 0.435 e. The van der Waals surface area contributed by atoms with Crippen LogP contribution >= 0.6 is 0 Å². The van der Waals surface area contributed by atoms with E-state index >= 15 is 0 Å². The van der Waals surface area contributed by atoms with Crippen molar-refractivity contribution >= 4 is 17.4 Å². The standard InChI is InChI=1S/C8H10F3N3OS/c1-5(16(12)15)2-3-6-7(8(9,10)11)14-4-13-6/h2-5H,12H2,1H3,(H,13,14). The number of nitrogens with two attached hydrogens (primary N) is 1. The molecule has 8 heteroatoms. The molecule has 4 nitrogen and oxygen atoms in total. The van der Waals surface area contributed by atoms with Gasteiger partial charge in [-0.25, -0.2) is 4.98 Å². The van der Waals surface area contributed by atoms with Crippen LogP contribution in [0.2, 0.25) is 0 Å². The van der Waals surface area contributed by atoms with Crippen LogP contribution in [0.3, 0.4) is 0 Å². The largest absolute Gasteiger partial charge is 0.598 e. The number of H-pyrrole nitrogens is 1. The quantitative estimate of drug-likeness (QED) is 0.800. The third-order valence-corrected chi connectivity index (χ3v) is 2.73. The summed E-state index contributed by atoms with van der Waals surface area (Å²) in [6.07, 6.45) is -1.05. The Kier molecular flexibility index (Phi) is 4.00. The van der Waals surface area contributed by atoms with Crippen LogP contribution in [0.4, 0.5) is 13.2 Å². The van der Waals surface area contributed by atoms with Gasteiger partial charge >= 0.3 is 6.18 Å². The first-order valence-electron chi connectivity index (χ1n) is 4.26. The minimum absolute atomic E-state index is 0.176. The Balaban J connectivity index is 2.87. The van der Waals surface area contributed by atoms with Crippen molar-refractivity contribution < 1.29 is 17.7 Å². The summed E-state index contributed by atoms with van der Waals surface area (Å²) < 4.78 is 47.9. The number of rotatable bonds is 3. The van der Waals surface area contributed by atoms with Crippen molar-refractivity contribution in [2.75, 3.05) is 0 Å². The number of nitrogens with zero attached hydrogens (tertiary/aromatic N) is 1. The van der Waals surface area contributed by atoms with E-state index < -0.39 is 28.5 Å². The molecule has 0 fully saturated rings. The number of halogens is 3. The molecule has 0 bridgehead atoms. The SMILES string of the molecule is CC(C=Cc1[nH]cnc1C(F)(F)F)[S+](N)[O-]. The number of alkyl halides is 3. The van der Waals surface area contributed by atoms with Gasteiger partial charge in [0.1, 0.15) is 0 Å². The molecular weight excluding hydrogens is 243 g/mol. The van der Waals surface area contributed by atoms with Crippen LogP contribution in [0.1, 0.15) is 18.3 Å². The van der Waals surface area contributed by atoms with Crippen molar-refractivity contribution in [2.24, 2.45) is 5.14 Å². The molecule has 1 aromatic rings. The summed E-state index contributed by atoms with van der Waals surface area (Å²) in [5.74, 6) is 0. The summed E-state index contributed by atoms with van der Waals surface area (Å²) >= 11 is -1.60. The lowest BCUT2D eigenvalue weighted by Gasteiger charge is -2.07. The van der Waals surface area contributed by atoms with E-state index in [4.69, 9.17) is 5.14 Å². The molecule has 0 aliphatic heterocycles. The fourth-order valence-corrected chi connectivity index (χ4v) is 1.20. The van der Waals surface area contributed by atoms with Gasteiger partial charge in [0.2, 0.25) is 0 Å². The average molecular weight is 253 g/mol. The monoisotopic (exact) mass is 253 g/mol. The summed E-state index contributed by atoms with van der Waals surface area (Å²) in [4.78, 5) is 5.52. The lowest BCUT2D eigenvalue weighted by atomic mass is 10.2. The predicted molar refractivity (Wildman–Crippen MR) is 54.4 cm³/mol. The van der Waals surface area contributed by atoms with E-state index in [1.165, 1.54) is 19.1 Å².